The van der Waals surface area contributed by atoms with Gasteiger partial charge in [-0.25, -0.2) is 0 Å². The van der Waals surface area contributed by atoms with Gasteiger partial charge in [0.1, 0.15) is 34.2 Å². The Hall–Kier alpha value is -1.66. The number of phenols is 2. The molecule has 0 bridgehead atoms. The van der Waals surface area contributed by atoms with Crippen molar-refractivity contribution in [2.75, 3.05) is 0 Å². The molecule has 0 spiro atoms. The maximum atomic E-state index is 11.3. The van der Waals surface area contributed by atoms with E-state index in [0.717, 1.165) is 118 Å². The normalized spacial score (nSPS) is 21.0. The second kappa shape index (κ2) is 24.4. The van der Waals surface area contributed by atoms with E-state index >= 15 is 0 Å². The summed E-state index contributed by atoms with van der Waals surface area (Å²) in [5.41, 5.74) is 3.81. The number of fused-ring (bicyclic) bond motifs is 2. The van der Waals surface area contributed by atoms with Crippen molar-refractivity contribution >= 4 is 21.6 Å². The lowest BCUT2D eigenvalue weighted by Crippen LogP contribution is -2.37. The molecule has 2 aromatic rings. The van der Waals surface area contributed by atoms with Crippen LogP contribution < -0.4 is 9.47 Å². The first-order valence-corrected chi connectivity index (χ1v) is 27.0. The number of rotatable bonds is 27. The zero-order chi connectivity index (χ0) is 44.0. The first kappa shape index (κ1) is 51.0. The van der Waals surface area contributed by atoms with Crippen LogP contribution >= 0.6 is 21.6 Å². The van der Waals surface area contributed by atoms with Crippen LogP contribution in [-0.2, 0) is 12.8 Å². The largest absolute Gasteiger partial charge is 0.507 e. The highest BCUT2D eigenvalue weighted by Crippen LogP contribution is 2.55. The first-order valence-electron chi connectivity index (χ1n) is 24.8. The van der Waals surface area contributed by atoms with Crippen molar-refractivity contribution in [1.29, 1.82) is 0 Å². The van der Waals surface area contributed by atoms with Gasteiger partial charge in [0.25, 0.3) is 0 Å². The summed E-state index contributed by atoms with van der Waals surface area (Å²) in [4.78, 5) is 1.72. The number of aryl methyl sites for hydroxylation is 2. The molecule has 0 radical (unpaired) electrons. The SMILES string of the molecule is Cc1cc(O)c(SSc2c(O)cc(C)c3c2CC[C@](C)(CCC[C@@H](C)CCC[C@@H](C)CCCC(C)C)O3)c2c1O[C@@](C)(CCC[C@@H](C)CCC[C@@H](C)CCCC(C)C)CC2. The van der Waals surface area contributed by atoms with Crippen molar-refractivity contribution in [2.45, 2.75) is 245 Å². The molecule has 4 rings (SSSR count). The fourth-order valence-electron chi connectivity index (χ4n) is 10.0. The molecule has 60 heavy (non-hydrogen) atoms. The minimum absolute atomic E-state index is 0.198. The molecule has 4 nitrogen and oxygen atoms in total. The summed E-state index contributed by atoms with van der Waals surface area (Å²) in [6, 6.07) is 3.74. The highest BCUT2D eigenvalue weighted by atomic mass is 33.1. The van der Waals surface area contributed by atoms with Gasteiger partial charge in [0.15, 0.2) is 0 Å². The van der Waals surface area contributed by atoms with Crippen molar-refractivity contribution in [3.05, 3.63) is 34.4 Å². The van der Waals surface area contributed by atoms with E-state index in [1.165, 1.54) is 103 Å². The summed E-state index contributed by atoms with van der Waals surface area (Å²) in [7, 11) is 3.11. The van der Waals surface area contributed by atoms with Gasteiger partial charge in [-0.05, 0) is 159 Å². The minimum atomic E-state index is -0.198. The summed E-state index contributed by atoms with van der Waals surface area (Å²) in [6.07, 6.45) is 26.9. The molecule has 0 aliphatic carbocycles. The molecule has 6 atom stereocenters. The van der Waals surface area contributed by atoms with E-state index in [4.69, 9.17) is 9.47 Å². The van der Waals surface area contributed by atoms with Crippen LogP contribution in [0.2, 0.25) is 0 Å². The van der Waals surface area contributed by atoms with E-state index in [0.29, 0.717) is 11.5 Å². The molecular formula is C54H90O4S2. The van der Waals surface area contributed by atoms with Crippen LogP contribution in [0.5, 0.6) is 23.0 Å². The Balaban J connectivity index is 1.28. The number of phenolic OH excluding ortho intramolecular Hbond substituents is 2. The number of hydrogen-bond donors (Lipinski definition) is 2. The second-order valence-electron chi connectivity index (χ2n) is 21.7. The van der Waals surface area contributed by atoms with Crippen LogP contribution in [0.15, 0.2) is 21.9 Å². The average molecular weight is 867 g/mol. The van der Waals surface area contributed by atoms with Gasteiger partial charge in [-0.15, -0.1) is 0 Å². The molecule has 6 heteroatoms. The number of ether oxygens (including phenoxy) is 2. The van der Waals surface area contributed by atoms with E-state index in [1.54, 1.807) is 21.6 Å². The molecule has 0 aromatic heterocycles. The van der Waals surface area contributed by atoms with E-state index < -0.39 is 0 Å². The van der Waals surface area contributed by atoms with E-state index in [2.05, 4.69) is 83.1 Å². The topological polar surface area (TPSA) is 58.9 Å². The van der Waals surface area contributed by atoms with E-state index in [-0.39, 0.29) is 11.2 Å². The lowest BCUT2D eigenvalue weighted by atomic mass is 9.85. The van der Waals surface area contributed by atoms with Crippen LogP contribution in [0.1, 0.15) is 220 Å². The van der Waals surface area contributed by atoms with Crippen molar-refractivity contribution in [3.63, 3.8) is 0 Å². The van der Waals surface area contributed by atoms with E-state index in [1.807, 2.05) is 12.1 Å². The smallest absolute Gasteiger partial charge is 0.130 e. The van der Waals surface area contributed by atoms with Gasteiger partial charge in [-0.2, -0.15) is 0 Å². The molecule has 2 heterocycles. The Kier molecular flexibility index (Phi) is 20.7. The fraction of sp³-hybridized carbons (Fsp3) is 0.778. The molecule has 0 fully saturated rings. The molecule has 2 aliphatic rings. The third kappa shape index (κ3) is 16.2. The number of aromatic hydroxyl groups is 2. The number of hydrogen-bond acceptors (Lipinski definition) is 6. The maximum absolute atomic E-state index is 11.3. The van der Waals surface area contributed by atoms with Crippen molar-refractivity contribution in [1.82, 2.24) is 0 Å². The lowest BCUT2D eigenvalue weighted by molar-refractivity contribution is 0.0502. The second-order valence-corrected chi connectivity index (χ2v) is 23.8. The maximum Gasteiger partial charge on any atom is 0.130 e. The van der Waals surface area contributed by atoms with Crippen LogP contribution in [0.25, 0.3) is 0 Å². The van der Waals surface area contributed by atoms with Gasteiger partial charge in [-0.3, -0.25) is 0 Å². The quantitative estimate of drug-likeness (QED) is 0.0873. The lowest BCUT2D eigenvalue weighted by Gasteiger charge is -2.38. The predicted molar refractivity (Wildman–Crippen MR) is 262 cm³/mol. The van der Waals surface area contributed by atoms with Crippen molar-refractivity contribution in [3.8, 4) is 23.0 Å². The van der Waals surface area contributed by atoms with Gasteiger partial charge in [0.05, 0.1) is 9.79 Å². The molecule has 342 valence electrons. The van der Waals surface area contributed by atoms with Crippen molar-refractivity contribution in [2.24, 2.45) is 35.5 Å². The zero-order valence-corrected chi connectivity index (χ0v) is 42.3. The van der Waals surface area contributed by atoms with Crippen LogP contribution in [-0.4, -0.2) is 21.4 Å². The Morgan fingerprint density at radius 1 is 0.500 bits per heavy atom. The molecule has 0 saturated carbocycles. The Morgan fingerprint density at radius 2 is 0.800 bits per heavy atom. The average Bonchev–Trinajstić information content (AvgIpc) is 3.16. The summed E-state index contributed by atoms with van der Waals surface area (Å²) in [6.45, 7) is 27.8. The molecule has 2 N–H and O–H groups in total. The summed E-state index contributed by atoms with van der Waals surface area (Å²) >= 11 is 0. The minimum Gasteiger partial charge on any atom is -0.507 e. The van der Waals surface area contributed by atoms with Crippen LogP contribution in [0, 0.1) is 49.4 Å². The molecule has 0 amide bonds. The van der Waals surface area contributed by atoms with Gasteiger partial charge in [0, 0.05) is 11.1 Å². The molecular weight excluding hydrogens is 777 g/mol. The third-order valence-electron chi connectivity index (χ3n) is 14.2. The van der Waals surface area contributed by atoms with Gasteiger partial charge in [-0.1, -0.05) is 145 Å². The monoisotopic (exact) mass is 867 g/mol. The highest BCUT2D eigenvalue weighted by Gasteiger charge is 2.37. The highest BCUT2D eigenvalue weighted by molar-refractivity contribution is 8.76. The van der Waals surface area contributed by atoms with Crippen LogP contribution in [0.4, 0.5) is 0 Å². The molecule has 0 saturated heterocycles. The summed E-state index contributed by atoms with van der Waals surface area (Å²) in [5, 5.41) is 22.6. The molecule has 2 aromatic carbocycles. The Labute approximate surface area is 377 Å². The first-order chi connectivity index (χ1) is 28.4. The van der Waals surface area contributed by atoms with Crippen LogP contribution in [0.3, 0.4) is 0 Å². The van der Waals surface area contributed by atoms with Gasteiger partial charge < -0.3 is 19.7 Å². The number of benzene rings is 2. The fourth-order valence-corrected chi connectivity index (χ4v) is 12.7. The van der Waals surface area contributed by atoms with Gasteiger partial charge >= 0.3 is 0 Å². The third-order valence-corrected chi connectivity index (χ3v) is 16.8. The summed E-state index contributed by atoms with van der Waals surface area (Å²) in [5.74, 6) is 7.33. The predicted octanol–water partition coefficient (Wildman–Crippen LogP) is 17.6. The van der Waals surface area contributed by atoms with Crippen molar-refractivity contribution < 1.29 is 19.7 Å². The van der Waals surface area contributed by atoms with E-state index in [9.17, 15) is 10.2 Å². The Bertz CT molecular complexity index is 1490. The molecule has 0 unspecified atom stereocenters. The van der Waals surface area contributed by atoms with Gasteiger partial charge in [0.2, 0.25) is 0 Å². The zero-order valence-electron chi connectivity index (χ0n) is 40.7. The standard InChI is InChI=1S/C54H90O4S2/c1-37(2)19-13-21-39(5)23-15-25-41(7)27-17-31-53(11)33-29-45-49(57-53)43(9)35-47(55)51(45)59-60-52-46-30-34-54(12,58-50(46)44(10)36-48(52)56)32-18-28-42(8)26-16-24-40(6)22-14-20-38(3)4/h35-42,55-56H,13-34H2,1-12H3/t39-,40-,41-,42-,53-,54-/m0/s1. The summed E-state index contributed by atoms with van der Waals surface area (Å²) < 4.78 is 13.8. The molecule has 2 aliphatic heterocycles. The Morgan fingerprint density at radius 3 is 1.12 bits per heavy atom.